The van der Waals surface area contributed by atoms with Crippen molar-refractivity contribution in [2.45, 2.75) is 12.0 Å². The molecule has 61 heavy (non-hydrogen) atoms. The molecule has 288 valence electrons. The van der Waals surface area contributed by atoms with Crippen LogP contribution in [0.1, 0.15) is 11.5 Å². The van der Waals surface area contributed by atoms with E-state index in [0.717, 1.165) is 55.6 Å². The van der Waals surface area contributed by atoms with Gasteiger partial charge in [-0.05, 0) is 111 Å². The van der Waals surface area contributed by atoms with Crippen molar-refractivity contribution >= 4 is 61.1 Å². The maximum atomic E-state index is 6.43. The number of hydrogen-bond donors (Lipinski definition) is 0. The molecule has 0 N–H and O–H groups in total. The summed E-state index contributed by atoms with van der Waals surface area (Å²) in [6.07, 6.45) is 9.05. The van der Waals surface area contributed by atoms with E-state index in [2.05, 4.69) is 204 Å². The minimum atomic E-state index is 0.217. The van der Waals surface area contributed by atoms with Gasteiger partial charge in [-0.25, -0.2) is 4.98 Å². The molecule has 0 saturated carbocycles. The average Bonchev–Trinajstić information content (AvgIpc) is 3.92. The molecule has 12 rings (SSSR count). The molecule has 10 aromatic rings. The Labute approximate surface area is 354 Å². The first-order valence-corrected chi connectivity index (χ1v) is 20.9. The van der Waals surface area contributed by atoms with Crippen LogP contribution in [0.15, 0.2) is 229 Å². The monoisotopic (exact) mass is 781 g/mol. The van der Waals surface area contributed by atoms with E-state index < -0.39 is 0 Å². The van der Waals surface area contributed by atoms with E-state index in [-0.39, 0.29) is 12.0 Å². The van der Waals surface area contributed by atoms with E-state index in [1.165, 1.54) is 38.8 Å². The Morgan fingerprint density at radius 1 is 0.475 bits per heavy atom. The molecule has 0 bridgehead atoms. The fraction of sp³-hybridized carbons (Fsp3) is 0.0351. The predicted octanol–water partition coefficient (Wildman–Crippen LogP) is 15.3. The average molecular weight is 782 g/mol. The predicted molar refractivity (Wildman–Crippen MR) is 253 cm³/mol. The zero-order valence-electron chi connectivity index (χ0n) is 33.3. The number of para-hydroxylation sites is 1. The molecule has 0 saturated heterocycles. The SMILES string of the molecule is C1=CC2c3ccc(N(c4ccc(-c5cccc6ccccc56)cc4)c4ccc(-c5cccc6c5ccc5nc(-c7ccccc7)oc56)cc4)cc3N(c3ccccc3)C2C=C1. The number of anilines is 5. The molecular weight excluding hydrogens is 743 g/mol. The van der Waals surface area contributed by atoms with Gasteiger partial charge in [0.25, 0.3) is 0 Å². The maximum absolute atomic E-state index is 6.43. The van der Waals surface area contributed by atoms with Gasteiger partial charge in [-0.3, -0.25) is 0 Å². The van der Waals surface area contributed by atoms with Crippen molar-refractivity contribution < 1.29 is 4.42 Å². The Balaban J connectivity index is 0.969. The van der Waals surface area contributed by atoms with E-state index in [4.69, 9.17) is 9.40 Å². The molecule has 2 unspecified atom stereocenters. The summed E-state index contributed by atoms with van der Waals surface area (Å²) in [7, 11) is 0. The van der Waals surface area contributed by atoms with Crippen LogP contribution in [0.2, 0.25) is 0 Å². The lowest BCUT2D eigenvalue weighted by Crippen LogP contribution is -2.28. The smallest absolute Gasteiger partial charge is 0.227 e. The summed E-state index contributed by atoms with van der Waals surface area (Å²) in [5.41, 5.74) is 14.4. The molecule has 0 fully saturated rings. The van der Waals surface area contributed by atoms with Crippen LogP contribution in [-0.4, -0.2) is 11.0 Å². The molecule has 1 aliphatic heterocycles. The largest absolute Gasteiger partial charge is 0.435 e. The lowest BCUT2D eigenvalue weighted by atomic mass is 9.91. The van der Waals surface area contributed by atoms with Gasteiger partial charge in [0.05, 0.1) is 6.04 Å². The molecule has 0 amide bonds. The maximum Gasteiger partial charge on any atom is 0.227 e. The first-order valence-electron chi connectivity index (χ1n) is 20.9. The number of oxazole rings is 1. The summed E-state index contributed by atoms with van der Waals surface area (Å²) in [6, 6.07) is 72.0. The van der Waals surface area contributed by atoms with Gasteiger partial charge < -0.3 is 14.2 Å². The molecule has 2 atom stereocenters. The normalized spacial score (nSPS) is 15.4. The second kappa shape index (κ2) is 14.4. The van der Waals surface area contributed by atoms with Crippen LogP contribution in [0, 0.1) is 0 Å². The molecule has 9 aromatic carbocycles. The van der Waals surface area contributed by atoms with E-state index in [0.29, 0.717) is 5.89 Å². The standard InChI is InChI=1S/C57H39N3O/c1-3-14-41(15-4-1)57-58-53-36-35-49-48(22-12-23-52(49)56(53)61-57)40-27-31-44(32-28-40)59(43-29-25-39(26-30-43)47-21-11-16-38-13-7-8-19-46(38)47)45-33-34-51-50-20-9-10-24-54(50)60(55(51)37-45)42-17-5-2-6-18-42/h1-37,50,54H. The van der Waals surface area contributed by atoms with Crippen molar-refractivity contribution in [1.29, 1.82) is 0 Å². The molecule has 1 aliphatic carbocycles. The highest BCUT2D eigenvalue weighted by atomic mass is 16.3. The van der Waals surface area contributed by atoms with E-state index in [9.17, 15) is 0 Å². The van der Waals surface area contributed by atoms with Gasteiger partial charge in [-0.2, -0.15) is 0 Å². The summed E-state index contributed by atoms with van der Waals surface area (Å²) in [6.45, 7) is 0. The van der Waals surface area contributed by atoms with Gasteiger partial charge in [-0.1, -0.05) is 158 Å². The van der Waals surface area contributed by atoms with Crippen molar-refractivity contribution in [3.8, 4) is 33.7 Å². The lowest BCUT2D eigenvalue weighted by Gasteiger charge is -2.30. The van der Waals surface area contributed by atoms with Crippen LogP contribution in [0.5, 0.6) is 0 Å². The third-order valence-corrected chi connectivity index (χ3v) is 12.4. The van der Waals surface area contributed by atoms with Gasteiger partial charge in [0.15, 0.2) is 5.58 Å². The first-order chi connectivity index (χ1) is 30.2. The molecule has 2 heterocycles. The van der Waals surface area contributed by atoms with Crippen LogP contribution in [0.25, 0.3) is 66.4 Å². The number of hydrogen-bond acceptors (Lipinski definition) is 4. The van der Waals surface area contributed by atoms with Gasteiger partial charge in [0.2, 0.25) is 5.89 Å². The van der Waals surface area contributed by atoms with E-state index >= 15 is 0 Å². The number of rotatable bonds is 7. The van der Waals surface area contributed by atoms with Crippen LogP contribution in [-0.2, 0) is 0 Å². The van der Waals surface area contributed by atoms with Gasteiger partial charge >= 0.3 is 0 Å². The molecular formula is C57H39N3O. The minimum Gasteiger partial charge on any atom is -0.435 e. The van der Waals surface area contributed by atoms with Crippen molar-refractivity contribution in [2.24, 2.45) is 0 Å². The second-order valence-corrected chi connectivity index (χ2v) is 15.9. The van der Waals surface area contributed by atoms with Crippen LogP contribution in [0.4, 0.5) is 28.4 Å². The second-order valence-electron chi connectivity index (χ2n) is 15.9. The van der Waals surface area contributed by atoms with Crippen LogP contribution >= 0.6 is 0 Å². The number of fused-ring (bicyclic) bond motifs is 7. The third kappa shape index (κ3) is 5.95. The Bertz CT molecular complexity index is 3310. The lowest BCUT2D eigenvalue weighted by molar-refractivity contribution is 0.623. The molecule has 4 nitrogen and oxygen atoms in total. The van der Waals surface area contributed by atoms with Crippen molar-refractivity contribution in [2.75, 3.05) is 9.80 Å². The van der Waals surface area contributed by atoms with Gasteiger partial charge in [0, 0.05) is 45.3 Å². The summed E-state index contributed by atoms with van der Waals surface area (Å²) in [4.78, 5) is 9.73. The zero-order chi connectivity index (χ0) is 40.3. The van der Waals surface area contributed by atoms with Crippen molar-refractivity contribution in [1.82, 2.24) is 4.98 Å². The van der Waals surface area contributed by atoms with E-state index in [1.807, 2.05) is 30.3 Å². The summed E-state index contributed by atoms with van der Waals surface area (Å²) in [5, 5.41) is 4.67. The number of allylic oxidation sites excluding steroid dienone is 2. The number of benzene rings is 9. The molecule has 1 aromatic heterocycles. The quantitative estimate of drug-likeness (QED) is 0.161. The molecule has 2 aliphatic rings. The minimum absolute atomic E-state index is 0.217. The Morgan fingerprint density at radius 3 is 1.87 bits per heavy atom. The zero-order valence-corrected chi connectivity index (χ0v) is 33.3. The fourth-order valence-corrected chi connectivity index (χ4v) is 9.56. The van der Waals surface area contributed by atoms with Crippen LogP contribution in [0.3, 0.4) is 0 Å². The Hall–Kier alpha value is -7.95. The summed E-state index contributed by atoms with van der Waals surface area (Å²) in [5.74, 6) is 0.916. The third-order valence-electron chi connectivity index (χ3n) is 12.4. The molecule has 0 radical (unpaired) electrons. The Kier molecular flexibility index (Phi) is 8.27. The highest BCUT2D eigenvalue weighted by molar-refractivity contribution is 6.09. The number of nitrogens with zero attached hydrogens (tertiary/aromatic N) is 3. The molecule has 4 heteroatoms. The Morgan fingerprint density at radius 2 is 1.10 bits per heavy atom. The van der Waals surface area contributed by atoms with Gasteiger partial charge in [0.1, 0.15) is 5.52 Å². The van der Waals surface area contributed by atoms with Crippen LogP contribution < -0.4 is 9.80 Å². The first kappa shape index (κ1) is 35.0. The summed E-state index contributed by atoms with van der Waals surface area (Å²) >= 11 is 0. The highest BCUT2D eigenvalue weighted by Crippen LogP contribution is 2.50. The topological polar surface area (TPSA) is 32.5 Å². The van der Waals surface area contributed by atoms with E-state index in [1.54, 1.807) is 0 Å². The van der Waals surface area contributed by atoms with Crippen molar-refractivity contribution in [3.63, 3.8) is 0 Å². The van der Waals surface area contributed by atoms with Gasteiger partial charge in [-0.15, -0.1) is 0 Å². The number of aromatic nitrogens is 1. The fourth-order valence-electron chi connectivity index (χ4n) is 9.56. The van der Waals surface area contributed by atoms with Crippen molar-refractivity contribution in [3.05, 3.63) is 230 Å². The summed E-state index contributed by atoms with van der Waals surface area (Å²) < 4.78 is 6.43. The molecule has 0 spiro atoms. The highest BCUT2D eigenvalue weighted by Gasteiger charge is 2.37.